The Balaban J connectivity index is 2.41. The number of nitrogens with zero attached hydrogens (tertiary/aromatic N) is 1. The van der Waals surface area contributed by atoms with Crippen molar-refractivity contribution in [3.8, 4) is 0 Å². The Morgan fingerprint density at radius 3 is 2.30 bits per heavy atom. The molecular weight excluding hydrogens is 244 g/mol. The molecule has 0 spiro atoms. The molecule has 1 N–H and O–H groups in total. The van der Waals surface area contributed by atoms with Crippen LogP contribution in [0.5, 0.6) is 0 Å². The van der Waals surface area contributed by atoms with Crippen molar-refractivity contribution in [3.63, 3.8) is 0 Å². The van der Waals surface area contributed by atoms with Crippen LogP contribution < -0.4 is 5.32 Å². The fraction of sp³-hybridized carbons (Fsp3) is 1.00. The van der Waals surface area contributed by atoms with Crippen LogP contribution in [0.4, 0.5) is 0 Å². The molecule has 0 saturated carbocycles. The molecule has 1 rings (SSSR count). The Bertz CT molecular complexity index is 244. The third-order valence-corrected chi connectivity index (χ3v) is 4.80. The molecule has 0 bridgehead atoms. The van der Waals surface area contributed by atoms with Crippen LogP contribution in [-0.4, -0.2) is 37.1 Å². The van der Waals surface area contributed by atoms with Crippen LogP contribution in [0, 0.1) is 11.3 Å². The maximum Gasteiger partial charge on any atom is 0.00475 e. The van der Waals surface area contributed by atoms with E-state index in [4.69, 9.17) is 0 Å². The molecule has 0 aromatic heterocycles. The van der Waals surface area contributed by atoms with Gasteiger partial charge in [0.1, 0.15) is 0 Å². The summed E-state index contributed by atoms with van der Waals surface area (Å²) in [5.41, 5.74) is 0.441. The molecule has 1 heterocycles. The SMILES string of the molecule is CCCC1CCN(CC(C)(CCC)CNC(C)C)CC1. The molecule has 20 heavy (non-hydrogen) atoms. The Labute approximate surface area is 127 Å². The number of nitrogens with one attached hydrogen (secondary N) is 1. The van der Waals surface area contributed by atoms with E-state index in [0.29, 0.717) is 11.5 Å². The fourth-order valence-corrected chi connectivity index (χ4v) is 3.66. The van der Waals surface area contributed by atoms with Gasteiger partial charge < -0.3 is 10.2 Å². The molecular formula is C18H38N2. The number of rotatable bonds is 9. The molecule has 0 aliphatic carbocycles. The molecule has 1 aliphatic heterocycles. The molecule has 2 heteroatoms. The van der Waals surface area contributed by atoms with E-state index >= 15 is 0 Å². The molecule has 0 radical (unpaired) electrons. The smallest absolute Gasteiger partial charge is 0.00475 e. The Hall–Kier alpha value is -0.0800. The highest BCUT2D eigenvalue weighted by Crippen LogP contribution is 2.28. The zero-order chi connectivity index (χ0) is 15.0. The summed E-state index contributed by atoms with van der Waals surface area (Å²) < 4.78 is 0. The van der Waals surface area contributed by atoms with Gasteiger partial charge in [-0.15, -0.1) is 0 Å². The van der Waals surface area contributed by atoms with E-state index in [1.54, 1.807) is 0 Å². The van der Waals surface area contributed by atoms with Crippen molar-refractivity contribution in [3.05, 3.63) is 0 Å². The first-order chi connectivity index (χ1) is 9.49. The number of piperidine rings is 1. The highest BCUT2D eigenvalue weighted by Gasteiger charge is 2.28. The van der Waals surface area contributed by atoms with Gasteiger partial charge in [0.25, 0.3) is 0 Å². The predicted molar refractivity (Wildman–Crippen MR) is 90.2 cm³/mol. The standard InChI is InChI=1S/C18H38N2/c1-6-8-17-9-12-20(13-10-17)15-18(5,11-7-2)14-19-16(3)4/h16-17,19H,6-15H2,1-5H3. The fourth-order valence-electron chi connectivity index (χ4n) is 3.66. The van der Waals surface area contributed by atoms with E-state index in [0.717, 1.165) is 12.5 Å². The van der Waals surface area contributed by atoms with E-state index in [9.17, 15) is 0 Å². The Morgan fingerprint density at radius 2 is 1.80 bits per heavy atom. The van der Waals surface area contributed by atoms with Crippen molar-refractivity contribution < 1.29 is 0 Å². The first kappa shape index (κ1) is 18.0. The molecule has 1 fully saturated rings. The molecule has 1 unspecified atom stereocenters. The van der Waals surface area contributed by atoms with E-state index in [-0.39, 0.29) is 0 Å². The van der Waals surface area contributed by atoms with Crippen LogP contribution in [0.1, 0.15) is 73.1 Å². The Kier molecular flexibility index (Phi) is 8.13. The largest absolute Gasteiger partial charge is 0.314 e. The summed E-state index contributed by atoms with van der Waals surface area (Å²) >= 11 is 0. The second-order valence-corrected chi connectivity index (χ2v) is 7.60. The van der Waals surface area contributed by atoms with Gasteiger partial charge in [0, 0.05) is 19.1 Å². The van der Waals surface area contributed by atoms with Crippen molar-refractivity contribution in [2.75, 3.05) is 26.2 Å². The maximum absolute atomic E-state index is 3.66. The van der Waals surface area contributed by atoms with Gasteiger partial charge in [0.05, 0.1) is 0 Å². The number of likely N-dealkylation sites (tertiary alicyclic amines) is 1. The van der Waals surface area contributed by atoms with Crippen molar-refractivity contribution >= 4 is 0 Å². The highest BCUT2D eigenvalue weighted by atomic mass is 15.1. The first-order valence-electron chi connectivity index (χ1n) is 8.95. The molecule has 120 valence electrons. The van der Waals surface area contributed by atoms with Crippen LogP contribution in [0.2, 0.25) is 0 Å². The monoisotopic (exact) mass is 282 g/mol. The molecule has 0 aromatic carbocycles. The summed E-state index contributed by atoms with van der Waals surface area (Å²) in [6.45, 7) is 16.7. The van der Waals surface area contributed by atoms with Gasteiger partial charge in [-0.25, -0.2) is 0 Å². The molecule has 1 aliphatic rings. The molecule has 0 aromatic rings. The van der Waals surface area contributed by atoms with Crippen molar-refractivity contribution in [1.82, 2.24) is 10.2 Å². The third-order valence-electron chi connectivity index (χ3n) is 4.80. The summed E-state index contributed by atoms with van der Waals surface area (Å²) in [6.07, 6.45) is 8.27. The Morgan fingerprint density at radius 1 is 1.15 bits per heavy atom. The van der Waals surface area contributed by atoms with Crippen LogP contribution in [0.3, 0.4) is 0 Å². The summed E-state index contributed by atoms with van der Waals surface area (Å²) in [6, 6.07) is 0.599. The number of hydrogen-bond donors (Lipinski definition) is 1. The summed E-state index contributed by atoms with van der Waals surface area (Å²) in [7, 11) is 0. The van der Waals surface area contributed by atoms with E-state index < -0.39 is 0 Å². The van der Waals surface area contributed by atoms with Gasteiger partial charge in [-0.05, 0) is 43.7 Å². The molecule has 0 amide bonds. The summed E-state index contributed by atoms with van der Waals surface area (Å²) in [5, 5.41) is 3.66. The third kappa shape index (κ3) is 6.58. The van der Waals surface area contributed by atoms with Crippen LogP contribution in [0.15, 0.2) is 0 Å². The van der Waals surface area contributed by atoms with Gasteiger partial charge in [-0.3, -0.25) is 0 Å². The predicted octanol–water partition coefficient (Wildman–Crippen LogP) is 4.30. The van der Waals surface area contributed by atoms with Crippen LogP contribution in [-0.2, 0) is 0 Å². The van der Waals surface area contributed by atoms with Crippen LogP contribution in [0.25, 0.3) is 0 Å². The maximum atomic E-state index is 3.66. The topological polar surface area (TPSA) is 15.3 Å². The average molecular weight is 283 g/mol. The van der Waals surface area contributed by atoms with Crippen molar-refractivity contribution in [1.29, 1.82) is 0 Å². The highest BCUT2D eigenvalue weighted by molar-refractivity contribution is 4.83. The first-order valence-corrected chi connectivity index (χ1v) is 8.95. The molecule has 2 nitrogen and oxygen atoms in total. The summed E-state index contributed by atoms with van der Waals surface area (Å²) in [4.78, 5) is 2.73. The lowest BCUT2D eigenvalue weighted by molar-refractivity contribution is 0.107. The van der Waals surface area contributed by atoms with Gasteiger partial charge in [-0.2, -0.15) is 0 Å². The van der Waals surface area contributed by atoms with Crippen molar-refractivity contribution in [2.24, 2.45) is 11.3 Å². The molecule has 1 saturated heterocycles. The summed E-state index contributed by atoms with van der Waals surface area (Å²) in [5.74, 6) is 1.00. The second-order valence-electron chi connectivity index (χ2n) is 7.60. The number of hydrogen-bond acceptors (Lipinski definition) is 2. The minimum absolute atomic E-state index is 0.441. The normalized spacial score (nSPS) is 21.3. The van der Waals surface area contributed by atoms with Gasteiger partial charge in [-0.1, -0.05) is 53.9 Å². The molecule has 1 atom stereocenters. The van der Waals surface area contributed by atoms with Gasteiger partial charge >= 0.3 is 0 Å². The van der Waals surface area contributed by atoms with Gasteiger partial charge in [0.15, 0.2) is 0 Å². The zero-order valence-electron chi connectivity index (χ0n) is 14.7. The minimum atomic E-state index is 0.441. The zero-order valence-corrected chi connectivity index (χ0v) is 14.7. The quantitative estimate of drug-likeness (QED) is 0.678. The van der Waals surface area contributed by atoms with Crippen molar-refractivity contribution in [2.45, 2.75) is 79.2 Å². The van der Waals surface area contributed by atoms with E-state index in [2.05, 4.69) is 44.8 Å². The lowest BCUT2D eigenvalue weighted by Gasteiger charge is -2.39. The van der Waals surface area contributed by atoms with E-state index in [1.165, 1.54) is 58.2 Å². The average Bonchev–Trinajstić information content (AvgIpc) is 2.40. The second kappa shape index (κ2) is 9.04. The van der Waals surface area contributed by atoms with Gasteiger partial charge in [0.2, 0.25) is 0 Å². The lowest BCUT2D eigenvalue weighted by atomic mass is 9.83. The van der Waals surface area contributed by atoms with E-state index in [1.807, 2.05) is 0 Å². The lowest BCUT2D eigenvalue weighted by Crippen LogP contribution is -2.46. The van der Waals surface area contributed by atoms with Crippen LogP contribution >= 0.6 is 0 Å². The minimum Gasteiger partial charge on any atom is -0.314 e.